The Hall–Kier alpha value is -2.95. The molecule has 0 amide bonds. The van der Waals surface area contributed by atoms with Gasteiger partial charge in [0.05, 0.1) is 0 Å². The van der Waals surface area contributed by atoms with Gasteiger partial charge in [-0.1, -0.05) is 30.3 Å². The third kappa shape index (κ3) is 4.78. The van der Waals surface area contributed by atoms with E-state index in [0.717, 1.165) is 0 Å². The first-order chi connectivity index (χ1) is 11.1. The summed E-state index contributed by atoms with van der Waals surface area (Å²) in [5, 5.41) is 0. The summed E-state index contributed by atoms with van der Waals surface area (Å²) >= 11 is 0. The summed E-state index contributed by atoms with van der Waals surface area (Å²) in [6, 6.07) is 14.7. The van der Waals surface area contributed by atoms with Gasteiger partial charge >= 0.3 is 5.97 Å². The lowest BCUT2D eigenvalue weighted by atomic mass is 10.0. The van der Waals surface area contributed by atoms with E-state index in [1.807, 2.05) is 0 Å². The van der Waals surface area contributed by atoms with Crippen molar-refractivity contribution in [3.05, 3.63) is 65.7 Å². The lowest BCUT2D eigenvalue weighted by Gasteiger charge is -2.07. The minimum Gasteiger partial charge on any atom is -0.490 e. The second-order valence-electron chi connectivity index (χ2n) is 4.74. The van der Waals surface area contributed by atoms with Crippen LogP contribution in [0.25, 0.3) is 0 Å². The van der Waals surface area contributed by atoms with Crippen molar-refractivity contribution in [2.45, 2.75) is 6.92 Å². The van der Waals surface area contributed by atoms with E-state index in [2.05, 4.69) is 0 Å². The number of hydrogen-bond donors (Lipinski definition) is 0. The van der Waals surface area contributed by atoms with Gasteiger partial charge in [0.25, 0.3) is 0 Å². The molecule has 0 saturated heterocycles. The molecule has 0 aromatic heterocycles. The molecule has 2 rings (SSSR count). The van der Waals surface area contributed by atoms with Gasteiger partial charge in [0.15, 0.2) is 0 Å². The van der Waals surface area contributed by atoms with Crippen molar-refractivity contribution in [1.29, 1.82) is 0 Å². The predicted octanol–water partition coefficient (Wildman–Crippen LogP) is 2.69. The molecule has 0 bridgehead atoms. The Bertz CT molecular complexity index is 689. The van der Waals surface area contributed by atoms with E-state index in [4.69, 9.17) is 9.47 Å². The van der Waals surface area contributed by atoms with Crippen molar-refractivity contribution in [1.82, 2.24) is 0 Å². The van der Waals surface area contributed by atoms with E-state index in [-0.39, 0.29) is 19.2 Å². The zero-order valence-electron chi connectivity index (χ0n) is 12.7. The Morgan fingerprint density at radius 1 is 0.783 bits per heavy atom. The second-order valence-corrected chi connectivity index (χ2v) is 4.74. The Balaban J connectivity index is 1.95. The van der Waals surface area contributed by atoms with E-state index in [0.29, 0.717) is 16.9 Å². The van der Waals surface area contributed by atoms with Crippen LogP contribution in [-0.4, -0.2) is 30.7 Å². The van der Waals surface area contributed by atoms with Gasteiger partial charge in [-0.15, -0.1) is 0 Å². The highest BCUT2D eigenvalue weighted by atomic mass is 16.6. The maximum absolute atomic E-state index is 12.1. The zero-order valence-corrected chi connectivity index (χ0v) is 12.7. The van der Waals surface area contributed by atoms with Crippen molar-refractivity contribution in [2.24, 2.45) is 0 Å². The number of ether oxygens (including phenoxy) is 2. The highest BCUT2D eigenvalue weighted by molar-refractivity contribution is 6.49. The van der Waals surface area contributed by atoms with Crippen molar-refractivity contribution in [3.8, 4) is 5.75 Å². The lowest BCUT2D eigenvalue weighted by molar-refractivity contribution is -0.141. The Kier molecular flexibility index (Phi) is 5.63. The van der Waals surface area contributed by atoms with Crippen LogP contribution in [0.4, 0.5) is 0 Å². The third-order valence-corrected chi connectivity index (χ3v) is 3.02. The van der Waals surface area contributed by atoms with Crippen LogP contribution in [-0.2, 0) is 9.53 Å². The molecule has 0 heterocycles. The first-order valence-corrected chi connectivity index (χ1v) is 7.08. The molecule has 5 heteroatoms. The maximum Gasteiger partial charge on any atom is 0.302 e. The van der Waals surface area contributed by atoms with E-state index in [9.17, 15) is 14.4 Å². The van der Waals surface area contributed by atoms with Gasteiger partial charge in [-0.3, -0.25) is 14.4 Å². The smallest absolute Gasteiger partial charge is 0.302 e. The number of hydrogen-bond acceptors (Lipinski definition) is 5. The molecule has 0 saturated carbocycles. The third-order valence-electron chi connectivity index (χ3n) is 3.02. The Morgan fingerprint density at radius 2 is 1.35 bits per heavy atom. The molecule has 0 unspecified atom stereocenters. The van der Waals surface area contributed by atoms with Crippen molar-refractivity contribution < 1.29 is 23.9 Å². The van der Waals surface area contributed by atoms with E-state index in [1.165, 1.54) is 19.1 Å². The van der Waals surface area contributed by atoms with Gasteiger partial charge < -0.3 is 9.47 Å². The minimum absolute atomic E-state index is 0.155. The lowest BCUT2D eigenvalue weighted by Crippen LogP contribution is -2.14. The average Bonchev–Trinajstić information content (AvgIpc) is 2.58. The van der Waals surface area contributed by atoms with E-state index >= 15 is 0 Å². The molecule has 0 spiro atoms. The van der Waals surface area contributed by atoms with Crippen molar-refractivity contribution >= 4 is 17.5 Å². The molecule has 0 fully saturated rings. The molecular formula is C18H16O5. The highest BCUT2D eigenvalue weighted by Gasteiger charge is 2.17. The molecule has 0 radical (unpaired) electrons. The molecule has 23 heavy (non-hydrogen) atoms. The van der Waals surface area contributed by atoms with Crippen molar-refractivity contribution in [2.75, 3.05) is 13.2 Å². The fraction of sp³-hybridized carbons (Fsp3) is 0.167. The molecule has 0 aliphatic carbocycles. The summed E-state index contributed by atoms with van der Waals surface area (Å²) in [6.07, 6.45) is 0. The minimum atomic E-state index is -0.567. The number of rotatable bonds is 7. The quantitative estimate of drug-likeness (QED) is 0.340. The van der Waals surface area contributed by atoms with Crippen LogP contribution < -0.4 is 4.74 Å². The van der Waals surface area contributed by atoms with Crippen LogP contribution in [0.15, 0.2) is 54.6 Å². The highest BCUT2D eigenvalue weighted by Crippen LogP contribution is 2.14. The summed E-state index contributed by atoms with van der Waals surface area (Å²) in [4.78, 5) is 34.8. The fourth-order valence-corrected chi connectivity index (χ4v) is 1.90. The summed E-state index contributed by atoms with van der Waals surface area (Å²) in [5.74, 6) is -0.952. The largest absolute Gasteiger partial charge is 0.490 e. The molecular weight excluding hydrogens is 296 g/mol. The molecule has 2 aromatic rings. The zero-order chi connectivity index (χ0) is 16.7. The number of ketones is 2. The van der Waals surface area contributed by atoms with Crippen molar-refractivity contribution in [3.63, 3.8) is 0 Å². The van der Waals surface area contributed by atoms with Crippen LogP contribution in [0, 0.1) is 0 Å². The van der Waals surface area contributed by atoms with Crippen LogP contribution in [0.2, 0.25) is 0 Å². The Morgan fingerprint density at radius 3 is 1.91 bits per heavy atom. The van der Waals surface area contributed by atoms with Gasteiger partial charge in [-0.2, -0.15) is 0 Å². The first kappa shape index (κ1) is 16.4. The van der Waals surface area contributed by atoms with Gasteiger partial charge in [-0.05, 0) is 24.3 Å². The van der Waals surface area contributed by atoms with Crippen LogP contribution in [0.5, 0.6) is 5.75 Å². The van der Waals surface area contributed by atoms with E-state index in [1.54, 1.807) is 42.5 Å². The maximum atomic E-state index is 12.1. The van der Waals surface area contributed by atoms with Gasteiger partial charge in [0.2, 0.25) is 11.6 Å². The Labute approximate surface area is 133 Å². The van der Waals surface area contributed by atoms with Crippen LogP contribution >= 0.6 is 0 Å². The first-order valence-electron chi connectivity index (χ1n) is 7.08. The molecule has 0 atom stereocenters. The number of Topliss-reactive ketones (excluding diaryl/α,β-unsaturated/α-hetero) is 2. The van der Waals surface area contributed by atoms with Crippen LogP contribution in [0.1, 0.15) is 27.6 Å². The average molecular weight is 312 g/mol. The molecule has 2 aromatic carbocycles. The van der Waals surface area contributed by atoms with Crippen LogP contribution in [0.3, 0.4) is 0 Å². The summed E-state index contributed by atoms with van der Waals surface area (Å²) in [5.41, 5.74) is 0.658. The normalized spacial score (nSPS) is 9.96. The second kappa shape index (κ2) is 7.89. The van der Waals surface area contributed by atoms with Gasteiger partial charge in [0.1, 0.15) is 19.0 Å². The van der Waals surface area contributed by atoms with Gasteiger partial charge in [-0.25, -0.2) is 0 Å². The van der Waals surface area contributed by atoms with Gasteiger partial charge in [0, 0.05) is 18.1 Å². The summed E-state index contributed by atoms with van der Waals surface area (Å²) < 4.78 is 10.1. The van der Waals surface area contributed by atoms with E-state index < -0.39 is 11.6 Å². The molecule has 118 valence electrons. The number of benzene rings is 2. The summed E-state index contributed by atoms with van der Waals surface area (Å²) in [7, 11) is 0. The topological polar surface area (TPSA) is 69.7 Å². The predicted molar refractivity (Wildman–Crippen MR) is 83.7 cm³/mol. The summed E-state index contributed by atoms with van der Waals surface area (Å²) in [6.45, 7) is 1.70. The SMILES string of the molecule is CC(=O)OCCOc1ccc(C(=O)C(=O)c2ccccc2)cc1. The molecule has 0 aliphatic rings. The fourth-order valence-electron chi connectivity index (χ4n) is 1.90. The molecule has 5 nitrogen and oxygen atoms in total. The number of esters is 1. The molecule has 0 N–H and O–H groups in total. The standard InChI is InChI=1S/C18H16O5/c1-13(19)22-11-12-23-16-9-7-15(8-10-16)18(21)17(20)14-5-3-2-4-6-14/h2-10H,11-12H2,1H3. The molecule has 0 aliphatic heterocycles. The number of carbonyl (C=O) groups is 3. The number of carbonyl (C=O) groups excluding carboxylic acids is 3. The monoisotopic (exact) mass is 312 g/mol.